The normalized spacial score (nSPS) is 11.7. The van der Waals surface area contributed by atoms with Gasteiger partial charge in [0.25, 0.3) is 5.91 Å². The third-order valence-corrected chi connectivity index (χ3v) is 3.87. The van der Waals surface area contributed by atoms with E-state index >= 15 is 0 Å². The fraction of sp³-hybridized carbons (Fsp3) is 0.222. The average Bonchev–Trinajstić information content (AvgIpc) is 2.54. The molecule has 0 saturated heterocycles. The van der Waals surface area contributed by atoms with Crippen molar-refractivity contribution in [2.24, 2.45) is 0 Å². The SMILES string of the molecule is CC(OC(=O)c1cccc(Br)c1)C(=O)N(C)Cc1cccc(F)c1. The van der Waals surface area contributed by atoms with Crippen molar-refractivity contribution in [3.8, 4) is 0 Å². The van der Waals surface area contributed by atoms with E-state index in [1.54, 1.807) is 43.4 Å². The number of hydrogen-bond donors (Lipinski definition) is 0. The van der Waals surface area contributed by atoms with Gasteiger partial charge < -0.3 is 9.64 Å². The second-order valence-corrected chi connectivity index (χ2v) is 6.30. The lowest BCUT2D eigenvalue weighted by Crippen LogP contribution is -2.37. The van der Waals surface area contributed by atoms with Gasteiger partial charge >= 0.3 is 5.97 Å². The monoisotopic (exact) mass is 393 g/mol. The molecule has 2 aromatic rings. The first-order valence-corrected chi connectivity index (χ1v) is 8.12. The second-order valence-electron chi connectivity index (χ2n) is 5.38. The molecule has 0 spiro atoms. The summed E-state index contributed by atoms with van der Waals surface area (Å²) in [5.74, 6) is -1.29. The minimum Gasteiger partial charge on any atom is -0.449 e. The predicted octanol–water partition coefficient (Wildman–Crippen LogP) is 3.79. The van der Waals surface area contributed by atoms with E-state index in [0.29, 0.717) is 11.1 Å². The summed E-state index contributed by atoms with van der Waals surface area (Å²) < 4.78 is 19.2. The molecule has 0 aromatic heterocycles. The maximum atomic E-state index is 13.2. The van der Waals surface area contributed by atoms with Crippen molar-refractivity contribution in [3.05, 3.63) is 69.9 Å². The summed E-state index contributed by atoms with van der Waals surface area (Å²) in [4.78, 5) is 25.8. The van der Waals surface area contributed by atoms with Gasteiger partial charge in [0.2, 0.25) is 0 Å². The van der Waals surface area contributed by atoms with Gasteiger partial charge in [-0.05, 0) is 42.8 Å². The summed E-state index contributed by atoms with van der Waals surface area (Å²) in [5, 5.41) is 0. The summed E-state index contributed by atoms with van der Waals surface area (Å²) in [6.45, 7) is 1.75. The van der Waals surface area contributed by atoms with Crippen LogP contribution in [0.25, 0.3) is 0 Å². The van der Waals surface area contributed by atoms with Gasteiger partial charge in [0.1, 0.15) is 5.82 Å². The number of amides is 1. The van der Waals surface area contributed by atoms with Crippen LogP contribution in [0, 0.1) is 5.82 Å². The first-order valence-electron chi connectivity index (χ1n) is 7.33. The standard InChI is InChI=1S/C18H17BrFNO3/c1-12(24-18(23)14-6-4-7-15(19)10-14)17(22)21(2)11-13-5-3-8-16(20)9-13/h3-10,12H,11H2,1-2H3. The Morgan fingerprint density at radius 1 is 1.21 bits per heavy atom. The second kappa shape index (κ2) is 8.06. The van der Waals surface area contributed by atoms with E-state index in [9.17, 15) is 14.0 Å². The Bertz CT molecular complexity index is 751. The summed E-state index contributed by atoms with van der Waals surface area (Å²) in [6, 6.07) is 12.7. The van der Waals surface area contributed by atoms with Crippen molar-refractivity contribution in [2.75, 3.05) is 7.05 Å². The first kappa shape index (κ1) is 18.1. The van der Waals surface area contributed by atoms with Crippen molar-refractivity contribution in [2.45, 2.75) is 19.6 Å². The third kappa shape index (κ3) is 4.89. The molecule has 126 valence electrons. The van der Waals surface area contributed by atoms with E-state index in [2.05, 4.69) is 15.9 Å². The average molecular weight is 394 g/mol. The van der Waals surface area contributed by atoms with Crippen molar-refractivity contribution in [1.29, 1.82) is 0 Å². The van der Waals surface area contributed by atoms with Crippen LogP contribution < -0.4 is 0 Å². The van der Waals surface area contributed by atoms with E-state index in [1.165, 1.54) is 24.0 Å². The van der Waals surface area contributed by atoms with Crippen molar-refractivity contribution < 1.29 is 18.7 Å². The molecule has 2 rings (SSSR count). The van der Waals surface area contributed by atoms with Gasteiger partial charge in [-0.3, -0.25) is 4.79 Å². The van der Waals surface area contributed by atoms with Crippen LogP contribution >= 0.6 is 15.9 Å². The lowest BCUT2D eigenvalue weighted by Gasteiger charge is -2.21. The molecule has 4 nitrogen and oxygen atoms in total. The highest BCUT2D eigenvalue weighted by Gasteiger charge is 2.22. The largest absolute Gasteiger partial charge is 0.449 e. The van der Waals surface area contributed by atoms with E-state index in [0.717, 1.165) is 4.47 Å². The number of carbonyl (C=O) groups is 2. The third-order valence-electron chi connectivity index (χ3n) is 3.38. The van der Waals surface area contributed by atoms with Crippen LogP contribution in [0.1, 0.15) is 22.8 Å². The summed E-state index contributed by atoms with van der Waals surface area (Å²) >= 11 is 3.28. The highest BCUT2D eigenvalue weighted by atomic mass is 79.9. The number of benzene rings is 2. The molecule has 0 fully saturated rings. The smallest absolute Gasteiger partial charge is 0.338 e. The Labute approximate surface area is 148 Å². The predicted molar refractivity (Wildman–Crippen MR) is 91.9 cm³/mol. The Morgan fingerprint density at radius 2 is 1.92 bits per heavy atom. The molecule has 0 heterocycles. The number of hydrogen-bond acceptors (Lipinski definition) is 3. The molecule has 0 saturated carbocycles. The highest BCUT2D eigenvalue weighted by Crippen LogP contribution is 2.14. The van der Waals surface area contributed by atoms with Crippen LogP contribution in [-0.4, -0.2) is 29.9 Å². The van der Waals surface area contributed by atoms with Crippen LogP contribution in [-0.2, 0) is 16.1 Å². The topological polar surface area (TPSA) is 46.6 Å². The zero-order valence-electron chi connectivity index (χ0n) is 13.3. The molecule has 0 aliphatic heterocycles. The van der Waals surface area contributed by atoms with Gasteiger partial charge in [-0.1, -0.05) is 34.1 Å². The quantitative estimate of drug-likeness (QED) is 0.725. The molecule has 1 unspecified atom stereocenters. The maximum Gasteiger partial charge on any atom is 0.338 e. The number of esters is 1. The molecular weight excluding hydrogens is 377 g/mol. The van der Waals surface area contributed by atoms with Crippen LogP contribution in [0.3, 0.4) is 0 Å². The Morgan fingerprint density at radius 3 is 2.58 bits per heavy atom. The van der Waals surface area contributed by atoms with E-state index < -0.39 is 12.1 Å². The lowest BCUT2D eigenvalue weighted by atomic mass is 10.2. The zero-order valence-corrected chi connectivity index (χ0v) is 14.9. The molecule has 0 radical (unpaired) electrons. The number of ether oxygens (including phenoxy) is 1. The molecule has 0 aliphatic carbocycles. The molecular formula is C18H17BrFNO3. The minimum absolute atomic E-state index is 0.232. The van der Waals surface area contributed by atoms with Gasteiger partial charge in [-0.25, -0.2) is 9.18 Å². The molecule has 6 heteroatoms. The minimum atomic E-state index is -0.935. The molecule has 0 N–H and O–H groups in total. The van der Waals surface area contributed by atoms with Gasteiger partial charge in [0, 0.05) is 18.1 Å². The molecule has 1 atom stereocenters. The maximum absolute atomic E-state index is 13.2. The van der Waals surface area contributed by atoms with Crippen molar-refractivity contribution >= 4 is 27.8 Å². The Kier molecular flexibility index (Phi) is 6.09. The Balaban J connectivity index is 1.97. The van der Waals surface area contributed by atoms with Crippen LogP contribution in [0.4, 0.5) is 4.39 Å². The lowest BCUT2D eigenvalue weighted by molar-refractivity contribution is -0.139. The molecule has 0 aliphatic rings. The summed E-state index contributed by atoms with van der Waals surface area (Å²) in [7, 11) is 1.58. The van der Waals surface area contributed by atoms with Gasteiger partial charge in [0.15, 0.2) is 6.10 Å². The first-order chi connectivity index (χ1) is 11.4. The van der Waals surface area contributed by atoms with Crippen molar-refractivity contribution in [1.82, 2.24) is 4.90 Å². The fourth-order valence-corrected chi connectivity index (χ4v) is 2.59. The molecule has 24 heavy (non-hydrogen) atoms. The van der Waals surface area contributed by atoms with Gasteiger partial charge in [-0.2, -0.15) is 0 Å². The fourth-order valence-electron chi connectivity index (χ4n) is 2.19. The van der Waals surface area contributed by atoms with Crippen LogP contribution in [0.5, 0.6) is 0 Å². The van der Waals surface area contributed by atoms with E-state index in [-0.39, 0.29) is 18.3 Å². The molecule has 2 aromatic carbocycles. The van der Waals surface area contributed by atoms with E-state index in [4.69, 9.17) is 4.74 Å². The number of rotatable bonds is 5. The van der Waals surface area contributed by atoms with Gasteiger partial charge in [-0.15, -0.1) is 0 Å². The van der Waals surface area contributed by atoms with Crippen LogP contribution in [0.2, 0.25) is 0 Å². The van der Waals surface area contributed by atoms with Crippen molar-refractivity contribution in [3.63, 3.8) is 0 Å². The number of carbonyl (C=O) groups excluding carboxylic acids is 2. The molecule has 0 bridgehead atoms. The van der Waals surface area contributed by atoms with Gasteiger partial charge in [0.05, 0.1) is 5.56 Å². The number of nitrogens with zero attached hydrogens (tertiary/aromatic N) is 1. The number of likely N-dealkylation sites (N-methyl/N-ethyl adjacent to an activating group) is 1. The zero-order chi connectivity index (χ0) is 17.7. The Hall–Kier alpha value is -2.21. The summed E-state index contributed by atoms with van der Waals surface area (Å²) in [6.07, 6.45) is -0.935. The highest BCUT2D eigenvalue weighted by molar-refractivity contribution is 9.10. The number of halogens is 2. The molecule has 1 amide bonds. The van der Waals surface area contributed by atoms with Crippen LogP contribution in [0.15, 0.2) is 53.0 Å². The van der Waals surface area contributed by atoms with E-state index in [1.807, 2.05) is 0 Å². The summed E-state index contributed by atoms with van der Waals surface area (Å²) in [5.41, 5.74) is 1.02.